The van der Waals surface area contributed by atoms with Gasteiger partial charge in [-0.15, -0.1) is 11.6 Å². The van der Waals surface area contributed by atoms with E-state index in [-0.39, 0.29) is 5.78 Å². The molecule has 0 saturated heterocycles. The van der Waals surface area contributed by atoms with Gasteiger partial charge in [0.15, 0.2) is 5.78 Å². The number of carbonyl (C=O) groups is 1. The van der Waals surface area contributed by atoms with Crippen molar-refractivity contribution in [1.29, 1.82) is 0 Å². The van der Waals surface area contributed by atoms with Crippen molar-refractivity contribution >= 4 is 33.3 Å². The van der Waals surface area contributed by atoms with Crippen LogP contribution in [0.25, 0.3) is 0 Å². The van der Waals surface area contributed by atoms with Crippen LogP contribution in [0.3, 0.4) is 0 Å². The van der Waals surface area contributed by atoms with Gasteiger partial charge in [0.05, 0.1) is 10.2 Å². The predicted octanol–water partition coefficient (Wildman–Crippen LogP) is 1.97. The zero-order chi connectivity index (χ0) is 6.78. The summed E-state index contributed by atoms with van der Waals surface area (Å²) in [5.74, 6) is 0.0131. The third kappa shape index (κ3) is 2.68. The number of Topliss-reactive ketones (excluding diaryl/α,β-unsaturated/α-hetero) is 1. The van der Waals surface area contributed by atoms with Gasteiger partial charge < -0.3 is 0 Å². The third-order valence-electron chi connectivity index (χ3n) is 0.784. The maximum atomic E-state index is 10.7. The Morgan fingerprint density at radius 1 is 1.75 bits per heavy atom. The summed E-state index contributed by atoms with van der Waals surface area (Å²) < 4.78 is 0. The van der Waals surface area contributed by atoms with Crippen LogP contribution in [0, 0.1) is 0 Å². The highest BCUT2D eigenvalue weighted by atomic mass is 79.9. The van der Waals surface area contributed by atoms with E-state index in [1.807, 2.05) is 0 Å². The van der Waals surface area contributed by atoms with Gasteiger partial charge in [0.25, 0.3) is 0 Å². The average Bonchev–Trinajstić information content (AvgIpc) is 1.62. The standard InChI is InChI=1S/C5H8BrClO/c1-5(2,7)4(8)3-6/h3H2,1-2H3. The van der Waals surface area contributed by atoms with Crippen LogP contribution in [0.2, 0.25) is 0 Å². The van der Waals surface area contributed by atoms with Gasteiger partial charge in [0, 0.05) is 0 Å². The van der Waals surface area contributed by atoms with Gasteiger partial charge in [-0.1, -0.05) is 15.9 Å². The number of ketones is 1. The largest absolute Gasteiger partial charge is 0.297 e. The lowest BCUT2D eigenvalue weighted by Crippen LogP contribution is -2.25. The van der Waals surface area contributed by atoms with Gasteiger partial charge in [-0.2, -0.15) is 0 Å². The van der Waals surface area contributed by atoms with E-state index in [9.17, 15) is 4.79 Å². The predicted molar refractivity (Wildman–Crippen MR) is 38.7 cm³/mol. The summed E-state index contributed by atoms with van der Waals surface area (Å²) in [6.45, 7) is 3.36. The maximum absolute atomic E-state index is 10.7. The van der Waals surface area contributed by atoms with Crippen LogP contribution < -0.4 is 0 Å². The minimum atomic E-state index is -0.705. The fourth-order valence-electron chi connectivity index (χ4n) is 0.159. The van der Waals surface area contributed by atoms with Crippen LogP contribution in [0.4, 0.5) is 0 Å². The summed E-state index contributed by atoms with van der Waals surface area (Å²) in [4.78, 5) is 9.95. The van der Waals surface area contributed by atoms with Crippen molar-refractivity contribution in [2.75, 3.05) is 5.33 Å². The topological polar surface area (TPSA) is 17.1 Å². The molecule has 0 radical (unpaired) electrons. The Morgan fingerprint density at radius 2 is 2.12 bits per heavy atom. The lowest BCUT2D eigenvalue weighted by molar-refractivity contribution is -0.118. The number of rotatable bonds is 2. The Balaban J connectivity index is 3.82. The van der Waals surface area contributed by atoms with Gasteiger partial charge >= 0.3 is 0 Å². The van der Waals surface area contributed by atoms with Gasteiger partial charge in [0.1, 0.15) is 0 Å². The van der Waals surface area contributed by atoms with Gasteiger partial charge in [-0.25, -0.2) is 0 Å². The molecule has 0 bridgehead atoms. The summed E-state index contributed by atoms with van der Waals surface area (Å²) in [6, 6.07) is 0. The van der Waals surface area contributed by atoms with E-state index < -0.39 is 4.87 Å². The molecule has 0 aliphatic carbocycles. The highest BCUT2D eigenvalue weighted by molar-refractivity contribution is 9.09. The normalized spacial score (nSPS) is 11.5. The quantitative estimate of drug-likeness (QED) is 0.622. The molecule has 0 aromatic heterocycles. The molecule has 0 rings (SSSR count). The SMILES string of the molecule is CC(C)(Cl)C(=O)CBr. The molecule has 0 unspecified atom stereocenters. The Bertz CT molecular complexity index is 95.1. The van der Waals surface area contributed by atoms with E-state index in [1.165, 1.54) is 0 Å². The lowest BCUT2D eigenvalue weighted by Gasteiger charge is -2.10. The maximum Gasteiger partial charge on any atom is 0.163 e. The third-order valence-corrected chi connectivity index (χ3v) is 1.50. The molecule has 48 valence electrons. The molecule has 0 aromatic rings. The molecule has 0 N–H and O–H groups in total. The summed E-state index contributed by atoms with van der Waals surface area (Å²) in [5, 5.41) is 0.337. The monoisotopic (exact) mass is 198 g/mol. The average molecular weight is 199 g/mol. The molecule has 3 heteroatoms. The second kappa shape index (κ2) is 2.83. The molecule has 0 fully saturated rings. The van der Waals surface area contributed by atoms with E-state index in [0.29, 0.717) is 5.33 Å². The first-order chi connectivity index (χ1) is 3.48. The van der Waals surface area contributed by atoms with Gasteiger partial charge in [-0.05, 0) is 13.8 Å². The van der Waals surface area contributed by atoms with Crippen molar-refractivity contribution in [3.63, 3.8) is 0 Å². The molecule has 0 heterocycles. The molecule has 0 aliphatic rings. The fraction of sp³-hybridized carbons (Fsp3) is 0.800. The number of hydrogen-bond acceptors (Lipinski definition) is 1. The van der Waals surface area contributed by atoms with Crippen molar-refractivity contribution in [3.8, 4) is 0 Å². The van der Waals surface area contributed by atoms with Crippen LogP contribution in [0.5, 0.6) is 0 Å². The van der Waals surface area contributed by atoms with Crippen molar-refractivity contribution in [1.82, 2.24) is 0 Å². The molecule has 0 aliphatic heterocycles. The first-order valence-corrected chi connectivity index (χ1v) is 3.76. The van der Waals surface area contributed by atoms with Crippen LogP contribution in [0.15, 0.2) is 0 Å². The first kappa shape index (κ1) is 8.44. The summed E-state index contributed by atoms with van der Waals surface area (Å²) in [5.41, 5.74) is 0. The molecule has 0 spiro atoms. The van der Waals surface area contributed by atoms with E-state index in [0.717, 1.165) is 0 Å². The van der Waals surface area contributed by atoms with Crippen LogP contribution in [0.1, 0.15) is 13.8 Å². The number of carbonyl (C=O) groups excluding carboxylic acids is 1. The van der Waals surface area contributed by atoms with Crippen LogP contribution in [-0.4, -0.2) is 16.0 Å². The minimum Gasteiger partial charge on any atom is -0.297 e. The highest BCUT2D eigenvalue weighted by Crippen LogP contribution is 2.14. The van der Waals surface area contributed by atoms with Gasteiger partial charge in [0.2, 0.25) is 0 Å². The molecule has 0 amide bonds. The van der Waals surface area contributed by atoms with Gasteiger partial charge in [-0.3, -0.25) is 4.79 Å². The zero-order valence-electron chi connectivity index (χ0n) is 4.87. The highest BCUT2D eigenvalue weighted by Gasteiger charge is 2.21. The number of alkyl halides is 2. The Hall–Kier alpha value is 0.440. The van der Waals surface area contributed by atoms with E-state index in [1.54, 1.807) is 13.8 Å². The first-order valence-electron chi connectivity index (χ1n) is 2.26. The zero-order valence-corrected chi connectivity index (χ0v) is 7.21. The van der Waals surface area contributed by atoms with E-state index in [4.69, 9.17) is 11.6 Å². The van der Waals surface area contributed by atoms with Crippen LogP contribution >= 0.6 is 27.5 Å². The smallest absolute Gasteiger partial charge is 0.163 e. The summed E-state index contributed by atoms with van der Waals surface area (Å²) >= 11 is 8.62. The molecular weight excluding hydrogens is 191 g/mol. The molecule has 0 atom stereocenters. The Labute approximate surface area is 62.5 Å². The lowest BCUT2D eigenvalue weighted by atomic mass is 10.1. The second-order valence-electron chi connectivity index (χ2n) is 2.03. The number of hydrogen-bond donors (Lipinski definition) is 0. The molecular formula is C5H8BrClO. The second-order valence-corrected chi connectivity index (χ2v) is 3.53. The Morgan fingerprint density at radius 3 is 2.12 bits per heavy atom. The minimum absolute atomic E-state index is 0.0131. The molecule has 8 heavy (non-hydrogen) atoms. The van der Waals surface area contributed by atoms with E-state index >= 15 is 0 Å². The number of halogens is 2. The molecule has 0 saturated carbocycles. The van der Waals surface area contributed by atoms with E-state index in [2.05, 4.69) is 15.9 Å². The summed E-state index contributed by atoms with van der Waals surface area (Å²) in [6.07, 6.45) is 0. The van der Waals surface area contributed by atoms with Crippen molar-refractivity contribution in [3.05, 3.63) is 0 Å². The summed E-state index contributed by atoms with van der Waals surface area (Å²) in [7, 11) is 0. The van der Waals surface area contributed by atoms with Crippen LogP contribution in [-0.2, 0) is 4.79 Å². The fourth-order valence-corrected chi connectivity index (χ4v) is 1.09. The van der Waals surface area contributed by atoms with Crippen molar-refractivity contribution in [2.45, 2.75) is 18.7 Å². The molecule has 0 aromatic carbocycles. The Kier molecular flexibility index (Phi) is 2.99. The molecule has 1 nitrogen and oxygen atoms in total. The van der Waals surface area contributed by atoms with Crippen molar-refractivity contribution in [2.24, 2.45) is 0 Å². The van der Waals surface area contributed by atoms with Crippen molar-refractivity contribution < 1.29 is 4.79 Å².